The maximum absolute atomic E-state index is 4.36. The fourth-order valence-corrected chi connectivity index (χ4v) is 2.16. The third-order valence-corrected chi connectivity index (χ3v) is 2.88. The van der Waals surface area contributed by atoms with Crippen molar-refractivity contribution in [2.45, 2.75) is 20.8 Å². The van der Waals surface area contributed by atoms with Gasteiger partial charge in [-0.2, -0.15) is 0 Å². The Labute approximate surface area is 75.3 Å². The van der Waals surface area contributed by atoms with Crippen molar-refractivity contribution in [1.82, 2.24) is 9.97 Å². The maximum Gasteiger partial charge on any atom is 0.171 e. The standard InChI is InChI=1S/C9H10N2S/c1-5-4-6(2)10-9-8(5)12-7(3)11-9/h4H,1-3H3. The van der Waals surface area contributed by atoms with Gasteiger partial charge in [0.25, 0.3) is 0 Å². The molecule has 3 heteroatoms. The van der Waals surface area contributed by atoms with Crippen LogP contribution in [-0.4, -0.2) is 9.97 Å². The number of aryl methyl sites for hydroxylation is 3. The topological polar surface area (TPSA) is 25.8 Å². The molecule has 0 aliphatic carbocycles. The highest BCUT2D eigenvalue weighted by Gasteiger charge is 2.04. The molecular weight excluding hydrogens is 168 g/mol. The lowest BCUT2D eigenvalue weighted by molar-refractivity contribution is 1.19. The second-order valence-electron chi connectivity index (χ2n) is 2.97. The number of thiazole rings is 1. The summed E-state index contributed by atoms with van der Waals surface area (Å²) < 4.78 is 1.22. The Bertz CT molecular complexity index is 431. The summed E-state index contributed by atoms with van der Waals surface area (Å²) in [5.41, 5.74) is 3.23. The van der Waals surface area contributed by atoms with Crippen molar-refractivity contribution in [2.75, 3.05) is 0 Å². The zero-order valence-corrected chi connectivity index (χ0v) is 8.20. The SMILES string of the molecule is Cc1cc(C)c2sc(C)nc2n1. The predicted molar refractivity (Wildman–Crippen MR) is 51.6 cm³/mol. The van der Waals surface area contributed by atoms with E-state index in [0.717, 1.165) is 16.3 Å². The van der Waals surface area contributed by atoms with Crippen LogP contribution in [0.25, 0.3) is 10.3 Å². The second-order valence-corrected chi connectivity index (χ2v) is 4.17. The number of hydrogen-bond acceptors (Lipinski definition) is 3. The van der Waals surface area contributed by atoms with Gasteiger partial charge in [0.15, 0.2) is 5.65 Å². The van der Waals surface area contributed by atoms with Crippen molar-refractivity contribution >= 4 is 21.7 Å². The summed E-state index contributed by atoms with van der Waals surface area (Å²) >= 11 is 1.71. The van der Waals surface area contributed by atoms with Crippen molar-refractivity contribution in [2.24, 2.45) is 0 Å². The minimum atomic E-state index is 0.898. The smallest absolute Gasteiger partial charge is 0.171 e. The molecule has 0 amide bonds. The Morgan fingerprint density at radius 1 is 1.17 bits per heavy atom. The van der Waals surface area contributed by atoms with Crippen LogP contribution < -0.4 is 0 Å². The number of pyridine rings is 1. The molecule has 2 heterocycles. The first-order chi connectivity index (χ1) is 5.66. The van der Waals surface area contributed by atoms with Gasteiger partial charge < -0.3 is 0 Å². The third kappa shape index (κ3) is 1.10. The maximum atomic E-state index is 4.36. The van der Waals surface area contributed by atoms with Crippen LogP contribution in [0, 0.1) is 20.8 Å². The van der Waals surface area contributed by atoms with Crippen molar-refractivity contribution in [1.29, 1.82) is 0 Å². The van der Waals surface area contributed by atoms with Crippen molar-refractivity contribution in [3.05, 3.63) is 22.3 Å². The fraction of sp³-hybridized carbons (Fsp3) is 0.333. The van der Waals surface area contributed by atoms with E-state index in [9.17, 15) is 0 Å². The molecule has 0 radical (unpaired) electrons. The molecule has 0 atom stereocenters. The molecule has 2 nitrogen and oxygen atoms in total. The van der Waals surface area contributed by atoms with E-state index in [2.05, 4.69) is 23.0 Å². The Kier molecular flexibility index (Phi) is 1.61. The minimum Gasteiger partial charge on any atom is -0.233 e. The highest BCUT2D eigenvalue weighted by Crippen LogP contribution is 2.23. The van der Waals surface area contributed by atoms with Crippen LogP contribution in [0.4, 0.5) is 0 Å². The minimum absolute atomic E-state index is 0.898. The van der Waals surface area contributed by atoms with Crippen LogP contribution >= 0.6 is 11.3 Å². The molecule has 0 aliphatic rings. The molecule has 0 saturated carbocycles. The number of fused-ring (bicyclic) bond motifs is 1. The molecule has 0 spiro atoms. The third-order valence-electron chi connectivity index (χ3n) is 1.78. The van der Waals surface area contributed by atoms with Crippen LogP contribution in [0.1, 0.15) is 16.3 Å². The highest BCUT2D eigenvalue weighted by molar-refractivity contribution is 7.18. The first kappa shape index (κ1) is 7.68. The number of hydrogen-bond donors (Lipinski definition) is 0. The molecule has 0 saturated heterocycles. The molecule has 2 rings (SSSR count). The number of nitrogens with zero attached hydrogens (tertiary/aromatic N) is 2. The molecular formula is C9H10N2S. The first-order valence-electron chi connectivity index (χ1n) is 3.88. The van der Waals surface area contributed by atoms with E-state index >= 15 is 0 Å². The average Bonchev–Trinajstić information content (AvgIpc) is 2.29. The normalized spacial score (nSPS) is 10.9. The molecule has 2 aromatic rings. The van der Waals surface area contributed by atoms with Crippen molar-refractivity contribution in [3.8, 4) is 0 Å². The van der Waals surface area contributed by atoms with E-state index < -0.39 is 0 Å². The molecule has 0 fully saturated rings. The summed E-state index contributed by atoms with van der Waals surface area (Å²) in [5, 5.41) is 1.09. The molecule has 0 N–H and O–H groups in total. The lowest BCUT2D eigenvalue weighted by Crippen LogP contribution is -1.84. The summed E-state index contributed by atoms with van der Waals surface area (Å²) in [6.45, 7) is 6.12. The van der Waals surface area contributed by atoms with Gasteiger partial charge in [-0.3, -0.25) is 0 Å². The van der Waals surface area contributed by atoms with Gasteiger partial charge >= 0.3 is 0 Å². The quantitative estimate of drug-likeness (QED) is 0.619. The van der Waals surface area contributed by atoms with Gasteiger partial charge in [-0.05, 0) is 32.4 Å². The number of rotatable bonds is 0. The first-order valence-corrected chi connectivity index (χ1v) is 4.70. The van der Waals surface area contributed by atoms with Gasteiger partial charge in [0.2, 0.25) is 0 Å². The van der Waals surface area contributed by atoms with E-state index in [4.69, 9.17) is 0 Å². The van der Waals surface area contributed by atoms with E-state index in [1.165, 1.54) is 10.3 Å². The summed E-state index contributed by atoms with van der Waals surface area (Å²) in [7, 11) is 0. The Balaban J connectivity index is 2.88. The molecule has 0 unspecified atom stereocenters. The van der Waals surface area contributed by atoms with Crippen LogP contribution in [0.5, 0.6) is 0 Å². The Morgan fingerprint density at radius 2 is 1.92 bits per heavy atom. The summed E-state index contributed by atoms with van der Waals surface area (Å²) in [5.74, 6) is 0. The van der Waals surface area contributed by atoms with E-state index in [-0.39, 0.29) is 0 Å². The van der Waals surface area contributed by atoms with Gasteiger partial charge in [-0.25, -0.2) is 9.97 Å². The van der Waals surface area contributed by atoms with Crippen LogP contribution in [-0.2, 0) is 0 Å². The van der Waals surface area contributed by atoms with E-state index in [0.29, 0.717) is 0 Å². The Morgan fingerprint density at radius 3 is 2.67 bits per heavy atom. The van der Waals surface area contributed by atoms with Crippen molar-refractivity contribution in [3.63, 3.8) is 0 Å². The zero-order valence-electron chi connectivity index (χ0n) is 7.38. The Hall–Kier alpha value is -0.960. The van der Waals surface area contributed by atoms with E-state index in [1.54, 1.807) is 11.3 Å². The van der Waals surface area contributed by atoms with Gasteiger partial charge in [0.1, 0.15) is 0 Å². The molecule has 0 aromatic carbocycles. The number of aromatic nitrogens is 2. The lowest BCUT2D eigenvalue weighted by atomic mass is 10.2. The van der Waals surface area contributed by atoms with E-state index in [1.807, 2.05) is 13.8 Å². The summed E-state index contributed by atoms with van der Waals surface area (Å²) in [6, 6.07) is 2.10. The molecule has 0 aliphatic heterocycles. The van der Waals surface area contributed by atoms with Gasteiger partial charge in [-0.15, -0.1) is 11.3 Å². The van der Waals surface area contributed by atoms with Gasteiger partial charge in [0.05, 0.1) is 9.71 Å². The van der Waals surface area contributed by atoms with Gasteiger partial charge in [-0.1, -0.05) is 0 Å². The lowest BCUT2D eigenvalue weighted by Gasteiger charge is -1.94. The molecule has 12 heavy (non-hydrogen) atoms. The largest absolute Gasteiger partial charge is 0.233 e. The summed E-state index contributed by atoms with van der Waals surface area (Å²) in [6.07, 6.45) is 0. The van der Waals surface area contributed by atoms with Crippen molar-refractivity contribution < 1.29 is 0 Å². The zero-order chi connectivity index (χ0) is 8.72. The highest BCUT2D eigenvalue weighted by atomic mass is 32.1. The van der Waals surface area contributed by atoms with Gasteiger partial charge in [0, 0.05) is 5.69 Å². The van der Waals surface area contributed by atoms with Crippen LogP contribution in [0.3, 0.4) is 0 Å². The fourth-order valence-electron chi connectivity index (χ4n) is 1.33. The summed E-state index contributed by atoms with van der Waals surface area (Å²) in [4.78, 5) is 8.70. The predicted octanol–water partition coefficient (Wildman–Crippen LogP) is 2.62. The van der Waals surface area contributed by atoms with Crippen LogP contribution in [0.15, 0.2) is 6.07 Å². The molecule has 0 bridgehead atoms. The molecule has 2 aromatic heterocycles. The monoisotopic (exact) mass is 178 g/mol. The molecule has 62 valence electrons. The second kappa shape index (κ2) is 2.52. The average molecular weight is 178 g/mol. The van der Waals surface area contributed by atoms with Crippen LogP contribution in [0.2, 0.25) is 0 Å².